The number of nitrogens with zero attached hydrogens (tertiary/aromatic N) is 3. The zero-order chi connectivity index (χ0) is 26.0. The zero-order valence-electron chi connectivity index (χ0n) is 22.1. The average molecular weight is 491 g/mol. The molecule has 1 aliphatic carbocycles. The minimum Gasteiger partial charge on any atom is -0.362 e. The van der Waals surface area contributed by atoms with Gasteiger partial charge in [0.2, 0.25) is 0 Å². The van der Waals surface area contributed by atoms with Crippen molar-refractivity contribution in [1.29, 1.82) is 0 Å². The number of aryl methyl sites for hydroxylation is 1. The molecular weight excluding hydrogens is 449 g/mol. The summed E-state index contributed by atoms with van der Waals surface area (Å²) in [6.07, 6.45) is 8.19. The Hall–Kier alpha value is -2.57. The van der Waals surface area contributed by atoms with Crippen LogP contribution >= 0.6 is 0 Å². The summed E-state index contributed by atoms with van der Waals surface area (Å²) >= 11 is 0. The molecule has 1 aromatic rings. The minimum atomic E-state index is -4.40. The van der Waals surface area contributed by atoms with Crippen LogP contribution in [0.4, 0.5) is 13.2 Å². The first kappa shape index (κ1) is 28.7. The van der Waals surface area contributed by atoms with E-state index in [2.05, 4.69) is 36.2 Å². The number of nitrogens with one attached hydrogen (secondary N) is 1. The molecule has 0 spiro atoms. The number of aliphatic imine (C=N–C) groups is 1. The van der Waals surface area contributed by atoms with Crippen molar-refractivity contribution >= 4 is 11.4 Å². The number of amidine groups is 1. The summed E-state index contributed by atoms with van der Waals surface area (Å²) in [6.45, 7) is 10.7. The van der Waals surface area contributed by atoms with Gasteiger partial charge in [-0.15, -0.1) is 0 Å². The van der Waals surface area contributed by atoms with E-state index in [-0.39, 0.29) is 6.04 Å². The van der Waals surface area contributed by atoms with Crippen molar-refractivity contribution in [3.05, 3.63) is 58.5 Å². The molecule has 0 amide bonds. The van der Waals surface area contributed by atoms with E-state index in [0.29, 0.717) is 17.7 Å². The molecule has 2 heterocycles. The Morgan fingerprint density at radius 1 is 1.23 bits per heavy atom. The molecule has 2 aliphatic rings. The number of alkyl halides is 3. The zero-order valence-corrected chi connectivity index (χ0v) is 22.1. The predicted octanol–water partition coefficient (Wildman–Crippen LogP) is 8.11. The second-order valence-corrected chi connectivity index (χ2v) is 9.07. The number of halogens is 3. The molecule has 0 saturated heterocycles. The molecule has 4 nitrogen and oxygen atoms in total. The third kappa shape index (κ3) is 7.71. The number of hydrogen-bond donors (Lipinski definition) is 1. The van der Waals surface area contributed by atoms with E-state index in [4.69, 9.17) is 0 Å². The largest absolute Gasteiger partial charge is 0.416 e. The van der Waals surface area contributed by atoms with Gasteiger partial charge in [-0.3, -0.25) is 9.67 Å². The molecule has 1 unspecified atom stereocenters. The van der Waals surface area contributed by atoms with E-state index < -0.39 is 11.7 Å². The molecule has 1 atom stereocenters. The monoisotopic (exact) mass is 490 g/mol. The van der Waals surface area contributed by atoms with Crippen molar-refractivity contribution < 1.29 is 13.2 Å². The first-order valence-electron chi connectivity index (χ1n) is 12.8. The summed E-state index contributed by atoms with van der Waals surface area (Å²) in [7, 11) is 1.80. The van der Waals surface area contributed by atoms with Crippen LogP contribution in [0.5, 0.6) is 0 Å². The van der Waals surface area contributed by atoms with Crippen LogP contribution < -0.4 is 5.32 Å². The molecule has 0 bridgehead atoms. The highest BCUT2D eigenvalue weighted by atomic mass is 19.4. The lowest BCUT2D eigenvalue weighted by Gasteiger charge is -2.26. The van der Waals surface area contributed by atoms with Gasteiger partial charge >= 0.3 is 6.18 Å². The molecular formula is C28H41F3N4. The van der Waals surface area contributed by atoms with Crippen molar-refractivity contribution in [1.82, 2.24) is 15.1 Å². The fraction of sp³-hybridized carbons (Fsp3) is 0.571. The molecule has 0 aromatic carbocycles. The van der Waals surface area contributed by atoms with Crippen LogP contribution in [0.2, 0.25) is 0 Å². The van der Waals surface area contributed by atoms with Crippen molar-refractivity contribution in [2.75, 3.05) is 7.05 Å². The van der Waals surface area contributed by atoms with Crippen LogP contribution in [0.3, 0.4) is 0 Å². The Balaban J connectivity index is 0.00000137. The van der Waals surface area contributed by atoms with Gasteiger partial charge in [0.15, 0.2) is 0 Å². The van der Waals surface area contributed by atoms with Crippen LogP contribution in [0.15, 0.2) is 52.1 Å². The van der Waals surface area contributed by atoms with Crippen LogP contribution in [0.25, 0.3) is 5.57 Å². The minimum absolute atomic E-state index is 0.0322. The van der Waals surface area contributed by atoms with Crippen LogP contribution in [0.1, 0.15) is 97.0 Å². The summed E-state index contributed by atoms with van der Waals surface area (Å²) in [5, 5.41) is 8.28. The van der Waals surface area contributed by atoms with Gasteiger partial charge in [0.1, 0.15) is 5.84 Å². The summed E-state index contributed by atoms with van der Waals surface area (Å²) in [5.41, 5.74) is 4.04. The second-order valence-electron chi connectivity index (χ2n) is 9.07. The summed E-state index contributed by atoms with van der Waals surface area (Å²) < 4.78 is 42.4. The first-order chi connectivity index (χ1) is 16.7. The van der Waals surface area contributed by atoms with Crippen LogP contribution in [0, 0.1) is 0 Å². The van der Waals surface area contributed by atoms with Crippen molar-refractivity contribution in [2.45, 2.75) is 98.3 Å². The maximum atomic E-state index is 13.5. The van der Waals surface area contributed by atoms with Crippen LogP contribution in [-0.2, 0) is 6.54 Å². The summed E-state index contributed by atoms with van der Waals surface area (Å²) in [5.74, 6) is 0.927. The highest BCUT2D eigenvalue weighted by Crippen LogP contribution is 2.33. The number of aromatic nitrogens is 2. The van der Waals surface area contributed by atoms with E-state index in [1.165, 1.54) is 29.7 Å². The summed E-state index contributed by atoms with van der Waals surface area (Å²) in [6, 6.07) is 1.95. The van der Waals surface area contributed by atoms with E-state index in [1.807, 2.05) is 10.7 Å². The third-order valence-electron chi connectivity index (χ3n) is 6.05. The molecule has 0 radical (unpaired) electrons. The topological polar surface area (TPSA) is 42.2 Å². The Morgan fingerprint density at radius 2 is 1.94 bits per heavy atom. The molecule has 7 heteroatoms. The standard InChI is InChI=1S/C25H33F3N4.C3H8/c1-5-9-18(15-19(10-6-2)25(26,27)28)22-16-23-21(13-8-14-32(23)31-22)30-24(29-4)20-12-7-11-17(20)3;1-3-2/h5,9-10,15-16,21H,6-8,11-14H2,1-4H3,(H,29,30);3H2,1-2H3/b9-5-,18-15+,19-10-;. The molecule has 1 N–H and O–H groups in total. The Morgan fingerprint density at radius 3 is 2.49 bits per heavy atom. The van der Waals surface area contributed by atoms with Crippen molar-refractivity contribution in [3.8, 4) is 0 Å². The first-order valence-corrected chi connectivity index (χ1v) is 12.8. The Labute approximate surface area is 208 Å². The van der Waals surface area contributed by atoms with Gasteiger partial charge in [0, 0.05) is 19.2 Å². The number of fused-ring (bicyclic) bond motifs is 1. The maximum Gasteiger partial charge on any atom is 0.416 e. The summed E-state index contributed by atoms with van der Waals surface area (Å²) in [4.78, 5) is 4.51. The second kappa shape index (κ2) is 13.5. The third-order valence-corrected chi connectivity index (χ3v) is 6.05. The van der Waals surface area contributed by atoms with E-state index in [1.54, 1.807) is 33.0 Å². The Kier molecular flexibility index (Phi) is 11.1. The highest BCUT2D eigenvalue weighted by Gasteiger charge is 2.32. The molecule has 3 rings (SSSR count). The average Bonchev–Trinajstić information content (AvgIpc) is 3.43. The van der Waals surface area contributed by atoms with Gasteiger partial charge in [-0.1, -0.05) is 51.0 Å². The Bertz CT molecular complexity index is 990. The van der Waals surface area contributed by atoms with Gasteiger partial charge < -0.3 is 5.32 Å². The lowest BCUT2D eigenvalue weighted by molar-refractivity contribution is -0.0883. The van der Waals surface area contributed by atoms with Gasteiger partial charge in [-0.05, 0) is 70.1 Å². The fourth-order valence-electron chi connectivity index (χ4n) is 4.47. The molecule has 35 heavy (non-hydrogen) atoms. The smallest absolute Gasteiger partial charge is 0.362 e. The SMILES string of the molecule is CCC.C\C=C/C(=C\C(=C\CC)C(F)(F)F)c1cc2n(n1)CCCC2NC(=NC)C1=C(C)CCC1. The maximum absolute atomic E-state index is 13.5. The van der Waals surface area contributed by atoms with Gasteiger partial charge in [0.25, 0.3) is 0 Å². The van der Waals surface area contributed by atoms with Crippen molar-refractivity contribution in [3.63, 3.8) is 0 Å². The fourth-order valence-corrected chi connectivity index (χ4v) is 4.47. The quantitative estimate of drug-likeness (QED) is 0.249. The van der Waals surface area contributed by atoms with Gasteiger partial charge in [-0.2, -0.15) is 18.3 Å². The van der Waals surface area contributed by atoms with Crippen LogP contribution in [-0.4, -0.2) is 28.8 Å². The normalized spacial score (nSPS) is 19.7. The molecule has 0 fully saturated rings. The number of allylic oxidation sites excluding steroid dienone is 7. The van der Waals surface area contributed by atoms with Gasteiger partial charge in [-0.25, -0.2) is 0 Å². The van der Waals surface area contributed by atoms with Gasteiger partial charge in [0.05, 0.1) is 23.0 Å². The molecule has 1 aromatic heterocycles. The van der Waals surface area contributed by atoms with E-state index in [9.17, 15) is 13.2 Å². The highest BCUT2D eigenvalue weighted by molar-refractivity contribution is 5.99. The molecule has 0 saturated carbocycles. The van der Waals surface area contributed by atoms with E-state index in [0.717, 1.165) is 50.2 Å². The van der Waals surface area contributed by atoms with Crippen molar-refractivity contribution in [2.24, 2.45) is 4.99 Å². The predicted molar refractivity (Wildman–Crippen MR) is 140 cm³/mol. The molecule has 1 aliphatic heterocycles. The lowest BCUT2D eigenvalue weighted by atomic mass is 10.0. The lowest BCUT2D eigenvalue weighted by Crippen LogP contribution is -2.33. The van der Waals surface area contributed by atoms with E-state index >= 15 is 0 Å². The number of hydrogen-bond acceptors (Lipinski definition) is 2. The molecule has 194 valence electrons. The number of rotatable bonds is 6.